The molecule has 15 heteroatoms. The first-order chi connectivity index (χ1) is 18.0. The van der Waals surface area contributed by atoms with Crippen LogP contribution in [0.15, 0.2) is 35.5 Å². The average molecular weight is 516 g/mol. The fourth-order valence-corrected chi connectivity index (χ4v) is 3.91. The fraction of sp³-hybridized carbons (Fsp3) is 0.368. The summed E-state index contributed by atoms with van der Waals surface area (Å²) in [6.45, 7) is -1.51. The molecule has 1 aromatic heterocycles. The van der Waals surface area contributed by atoms with Crippen LogP contribution in [-0.4, -0.2) is 57.7 Å². The van der Waals surface area contributed by atoms with Gasteiger partial charge in [-0.2, -0.15) is 17.6 Å². The number of nitrogens with zero attached hydrogens (tertiary/aromatic N) is 2. The van der Waals surface area contributed by atoms with Gasteiger partial charge < -0.3 is 19.7 Å². The van der Waals surface area contributed by atoms with E-state index < -0.39 is 88.9 Å². The highest BCUT2D eigenvalue weighted by Crippen LogP contribution is 2.47. The Labute approximate surface area is 199 Å². The third-order valence-corrected chi connectivity index (χ3v) is 5.88. The molecule has 0 aliphatic carbocycles. The topological polar surface area (TPSA) is 124 Å². The van der Waals surface area contributed by atoms with Crippen LogP contribution in [0.25, 0.3) is 0 Å². The zero-order chi connectivity index (χ0) is 30.5. The number of alkyl halides is 3. The minimum atomic E-state index is -5.46. The van der Waals surface area contributed by atoms with E-state index in [0.29, 0.717) is 17.0 Å². The summed E-state index contributed by atoms with van der Waals surface area (Å²) in [6.07, 6.45) is -5.99. The second kappa shape index (κ2) is 8.96. The summed E-state index contributed by atoms with van der Waals surface area (Å²) in [7, 11) is -11.5. The molecule has 1 aliphatic rings. The molecule has 1 aliphatic heterocycles. The van der Waals surface area contributed by atoms with Crippen LogP contribution in [0.5, 0.6) is 5.75 Å². The number of hydrogen-bond donors (Lipinski definition) is 2. The van der Waals surface area contributed by atoms with Crippen LogP contribution >= 0.6 is 0 Å². The second-order valence-corrected chi connectivity index (χ2v) is 8.68. The molecular weight excluding hydrogens is 491 g/mol. The summed E-state index contributed by atoms with van der Waals surface area (Å²) in [5, 5.41) is 6.37. The number of sulfonamides is 1. The number of methoxy groups -OCH3 is 2. The van der Waals surface area contributed by atoms with Gasteiger partial charge in [-0.15, -0.1) is 0 Å². The van der Waals surface area contributed by atoms with Crippen molar-refractivity contribution in [2.75, 3.05) is 30.8 Å². The molecule has 1 aromatic carbocycles. The molecule has 0 spiro atoms. The van der Waals surface area contributed by atoms with E-state index in [1.807, 2.05) is 0 Å². The van der Waals surface area contributed by atoms with Crippen molar-refractivity contribution in [3.63, 3.8) is 0 Å². The van der Waals surface area contributed by atoms with Gasteiger partial charge in [-0.05, 0) is 18.2 Å². The first-order valence-corrected chi connectivity index (χ1v) is 10.6. The van der Waals surface area contributed by atoms with E-state index in [2.05, 4.69) is 19.8 Å². The molecule has 3 rings (SSSR count). The molecule has 2 aromatic rings. The Morgan fingerprint density at radius 3 is 2.68 bits per heavy atom. The molecule has 2 heterocycles. The van der Waals surface area contributed by atoms with Gasteiger partial charge >= 0.3 is 6.18 Å². The Balaban J connectivity index is 2.17. The van der Waals surface area contributed by atoms with Crippen LogP contribution in [0.3, 0.4) is 0 Å². The highest BCUT2D eigenvalue weighted by Gasteiger charge is 2.63. The molecule has 9 nitrogen and oxygen atoms in total. The number of benzene rings is 1. The largest absolute Gasteiger partial charge is 0.491 e. The van der Waals surface area contributed by atoms with E-state index in [-0.39, 0.29) is 5.69 Å². The minimum absolute atomic E-state index is 0.325. The second-order valence-electron chi connectivity index (χ2n) is 7.17. The Bertz CT molecular complexity index is 1410. The number of hydrogen-bond acceptors (Lipinski definition) is 7. The highest BCUT2D eigenvalue weighted by molar-refractivity contribution is 7.89. The molecule has 1 saturated heterocycles. The zero-order valence-electron chi connectivity index (χ0n) is 22.7. The molecule has 186 valence electrons. The number of halogens is 5. The van der Waals surface area contributed by atoms with Crippen molar-refractivity contribution in [3.05, 3.63) is 42.1 Å². The third-order valence-electron chi connectivity index (χ3n) is 5.07. The molecular formula is C19H19F5N4O5S. The van der Waals surface area contributed by atoms with E-state index in [1.165, 1.54) is 0 Å². The number of rotatable bonds is 6. The monoisotopic (exact) mass is 516 g/mol. The number of pyridine rings is 1. The van der Waals surface area contributed by atoms with Crippen LogP contribution in [-0.2, 0) is 19.6 Å². The predicted octanol–water partition coefficient (Wildman–Crippen LogP) is 2.18. The van der Waals surface area contributed by atoms with Crippen LogP contribution in [0.4, 0.5) is 33.3 Å². The lowest BCUT2D eigenvalue weighted by Crippen LogP contribution is -2.49. The van der Waals surface area contributed by atoms with Crippen LogP contribution in [0.1, 0.15) is 14.6 Å². The van der Waals surface area contributed by atoms with Gasteiger partial charge in [-0.3, -0.25) is 4.79 Å². The van der Waals surface area contributed by atoms with Crippen molar-refractivity contribution in [2.45, 2.75) is 29.3 Å². The van der Waals surface area contributed by atoms with Crippen molar-refractivity contribution in [2.24, 2.45) is 5.14 Å². The van der Waals surface area contributed by atoms with Crippen LogP contribution < -0.4 is 20.1 Å². The summed E-state index contributed by atoms with van der Waals surface area (Å²) >= 11 is 0. The molecule has 2 atom stereocenters. The van der Waals surface area contributed by atoms with Gasteiger partial charge in [-0.1, -0.05) is 0 Å². The third kappa shape index (κ3) is 4.63. The quantitative estimate of drug-likeness (QED) is 0.564. The maximum atomic E-state index is 14.7. The number of amides is 1. The molecule has 1 amide bonds. The molecule has 0 unspecified atom stereocenters. The number of carbonyl (C=O) groups is 1. The first kappa shape index (κ1) is 18.3. The summed E-state index contributed by atoms with van der Waals surface area (Å²) in [6, 6.07) is 0.781. The summed E-state index contributed by atoms with van der Waals surface area (Å²) in [4.78, 5) is 17.2. The van der Waals surface area contributed by atoms with E-state index in [9.17, 15) is 35.2 Å². The lowest BCUT2D eigenvalue weighted by atomic mass is 9.99. The number of nitrogens with two attached hydrogens (primary N) is 1. The molecule has 0 radical (unpaired) electrons. The lowest BCUT2D eigenvalue weighted by molar-refractivity contribution is -0.261. The van der Waals surface area contributed by atoms with Crippen molar-refractivity contribution in [3.8, 4) is 5.75 Å². The van der Waals surface area contributed by atoms with E-state index in [1.54, 1.807) is 0 Å². The van der Waals surface area contributed by atoms with Gasteiger partial charge in [0, 0.05) is 31.4 Å². The van der Waals surface area contributed by atoms with Gasteiger partial charge in [0.1, 0.15) is 6.04 Å². The van der Waals surface area contributed by atoms with Gasteiger partial charge in [0.05, 0.1) is 27.5 Å². The van der Waals surface area contributed by atoms with Gasteiger partial charge in [0.15, 0.2) is 22.2 Å². The first-order valence-electron chi connectivity index (χ1n) is 12.0. The predicted molar refractivity (Wildman–Crippen MR) is 109 cm³/mol. The number of anilines is 2. The van der Waals surface area contributed by atoms with Crippen LogP contribution in [0, 0.1) is 11.6 Å². The Hall–Kier alpha value is -3.04. The maximum absolute atomic E-state index is 14.7. The van der Waals surface area contributed by atoms with Gasteiger partial charge in [0.25, 0.3) is 10.0 Å². The fourth-order valence-electron chi connectivity index (χ4n) is 3.41. The normalized spacial score (nSPS) is 24.3. The SMILES string of the molecule is [2H]C([2H])([2H])Oc1c(N2C[C@@](OC([2H])([2H])[2H])(C(F)(F)F)C[C@H]2C(=O)Nc2ccnc(S(N)(=O)=O)c2)ccc(F)c1F. The zero-order valence-corrected chi connectivity index (χ0v) is 17.5. The maximum Gasteiger partial charge on any atom is 0.419 e. The summed E-state index contributed by atoms with van der Waals surface area (Å²) < 4.78 is 147. The van der Waals surface area contributed by atoms with E-state index in [0.717, 1.165) is 18.3 Å². The Morgan fingerprint density at radius 1 is 1.32 bits per heavy atom. The van der Waals surface area contributed by atoms with Crippen molar-refractivity contribution < 1.29 is 52.9 Å². The number of primary sulfonamides is 1. The molecule has 1 fully saturated rings. The molecule has 34 heavy (non-hydrogen) atoms. The minimum Gasteiger partial charge on any atom is -0.491 e. The number of nitrogens with one attached hydrogen (secondary N) is 1. The van der Waals surface area contributed by atoms with Crippen molar-refractivity contribution in [1.82, 2.24) is 4.98 Å². The standard InChI is InChI=1S/C19H19F5N4O5S/c1-32-16-12(4-3-11(20)15(16)21)28-9-18(33-2,19(22,23)24)8-13(28)17(29)27-10-5-6-26-14(7-10)34(25,30)31/h3-7,13H,8-9H2,1-2H3,(H2,25,30,31)(H,26,27,29)/t13-,18+/m0/s1/i1D3,2D3. The Morgan fingerprint density at radius 2 is 2.06 bits per heavy atom. The number of ether oxygens (including phenoxy) is 2. The van der Waals surface area contributed by atoms with Crippen molar-refractivity contribution >= 4 is 27.3 Å². The van der Waals surface area contributed by atoms with Crippen molar-refractivity contribution in [1.29, 1.82) is 0 Å². The highest BCUT2D eigenvalue weighted by atomic mass is 32.2. The van der Waals surface area contributed by atoms with Crippen LogP contribution in [0.2, 0.25) is 0 Å². The summed E-state index contributed by atoms with van der Waals surface area (Å²) in [5.41, 5.74) is -4.78. The lowest BCUT2D eigenvalue weighted by Gasteiger charge is -2.31. The average Bonchev–Trinajstić information content (AvgIpc) is 3.15. The molecule has 3 N–H and O–H groups in total. The smallest absolute Gasteiger partial charge is 0.419 e. The Kier molecular flexibility index (Phi) is 4.82. The van der Waals surface area contributed by atoms with Gasteiger partial charge in [0.2, 0.25) is 11.7 Å². The van der Waals surface area contributed by atoms with E-state index in [4.69, 9.17) is 13.4 Å². The van der Waals surface area contributed by atoms with E-state index >= 15 is 0 Å². The summed E-state index contributed by atoms with van der Waals surface area (Å²) in [5.74, 6) is -6.28. The van der Waals surface area contributed by atoms with Gasteiger partial charge in [-0.25, -0.2) is 22.9 Å². The number of aromatic nitrogens is 1. The molecule has 0 bridgehead atoms. The number of carbonyl (C=O) groups excluding carboxylic acids is 1. The molecule has 0 saturated carbocycles.